The quantitative estimate of drug-likeness (QED) is 0.566. The molecular weight excluding hydrogens is 344 g/mol. The van der Waals surface area contributed by atoms with Gasteiger partial charge >= 0.3 is 0 Å². The summed E-state index contributed by atoms with van der Waals surface area (Å²) in [5.41, 5.74) is 7.90. The molecule has 0 aliphatic carbocycles. The highest BCUT2D eigenvalue weighted by Crippen LogP contribution is 2.30. The molecule has 27 heavy (non-hydrogen) atoms. The number of benzene rings is 1. The van der Waals surface area contributed by atoms with Gasteiger partial charge in [0.05, 0.1) is 18.4 Å². The van der Waals surface area contributed by atoms with Gasteiger partial charge in [-0.05, 0) is 24.3 Å². The van der Waals surface area contributed by atoms with Crippen LogP contribution in [0.5, 0.6) is 5.75 Å². The molecule has 0 bridgehead atoms. The van der Waals surface area contributed by atoms with Crippen LogP contribution in [0.4, 0.5) is 11.8 Å². The van der Waals surface area contributed by atoms with Crippen LogP contribution >= 0.6 is 0 Å². The summed E-state index contributed by atoms with van der Waals surface area (Å²) in [6, 6.07) is 12.7. The van der Waals surface area contributed by atoms with Crippen LogP contribution < -0.4 is 15.8 Å². The zero-order chi connectivity index (χ0) is 18.8. The van der Waals surface area contributed by atoms with E-state index in [9.17, 15) is 4.79 Å². The van der Waals surface area contributed by atoms with E-state index in [0.29, 0.717) is 28.9 Å². The molecule has 134 valence electrons. The van der Waals surface area contributed by atoms with Gasteiger partial charge in [-0.2, -0.15) is 0 Å². The number of hydrogen-bond donors (Lipinski definition) is 2. The van der Waals surface area contributed by atoms with E-state index in [2.05, 4.69) is 20.3 Å². The van der Waals surface area contributed by atoms with Crippen molar-refractivity contribution >= 4 is 23.3 Å². The number of carbonyl (C=O) groups is 1. The number of nitrogens with zero attached hydrogens (tertiary/aromatic N) is 4. The van der Waals surface area contributed by atoms with Gasteiger partial charge in [0, 0.05) is 30.2 Å². The molecule has 3 aromatic heterocycles. The van der Waals surface area contributed by atoms with Gasteiger partial charge in [-0.1, -0.05) is 12.1 Å². The summed E-state index contributed by atoms with van der Waals surface area (Å²) in [5, 5.41) is 3.09. The third-order valence-electron chi connectivity index (χ3n) is 4.08. The summed E-state index contributed by atoms with van der Waals surface area (Å²) < 4.78 is 7.20. The lowest BCUT2D eigenvalue weighted by atomic mass is 10.1. The third-order valence-corrected chi connectivity index (χ3v) is 4.08. The summed E-state index contributed by atoms with van der Waals surface area (Å²) in [5.74, 6) is 0.896. The Hall–Kier alpha value is -3.94. The van der Waals surface area contributed by atoms with E-state index >= 15 is 0 Å². The number of para-hydroxylation sites is 1. The molecule has 0 spiro atoms. The van der Waals surface area contributed by atoms with Gasteiger partial charge in [-0.15, -0.1) is 0 Å². The molecule has 0 atom stereocenters. The number of fused-ring (bicyclic) bond motifs is 1. The Morgan fingerprint density at radius 1 is 1.15 bits per heavy atom. The van der Waals surface area contributed by atoms with Crippen molar-refractivity contribution in [3.05, 3.63) is 66.6 Å². The molecule has 3 heterocycles. The Balaban J connectivity index is 1.86. The number of methoxy groups -OCH3 is 1. The second kappa shape index (κ2) is 6.75. The van der Waals surface area contributed by atoms with Crippen molar-refractivity contribution in [2.45, 2.75) is 0 Å². The van der Waals surface area contributed by atoms with E-state index in [1.807, 2.05) is 30.3 Å². The first-order valence-electron chi connectivity index (χ1n) is 8.16. The molecule has 0 saturated carbocycles. The molecular formula is C19H16N6O2. The minimum absolute atomic E-state index is 0.273. The summed E-state index contributed by atoms with van der Waals surface area (Å²) in [6.07, 6.45) is 5.01. The van der Waals surface area contributed by atoms with Crippen molar-refractivity contribution in [3.8, 4) is 17.0 Å². The molecule has 3 N–H and O–H groups in total. The number of rotatable bonds is 5. The molecule has 0 aliphatic heterocycles. The average Bonchev–Trinajstić information content (AvgIpc) is 3.17. The van der Waals surface area contributed by atoms with Gasteiger partial charge in [0.2, 0.25) is 5.95 Å². The molecule has 0 fully saturated rings. The minimum Gasteiger partial charge on any atom is -0.496 e. The lowest BCUT2D eigenvalue weighted by Gasteiger charge is -2.13. The summed E-state index contributed by atoms with van der Waals surface area (Å²) in [7, 11) is 1.61. The number of nitrogens with one attached hydrogen (secondary N) is 1. The lowest BCUT2D eigenvalue weighted by molar-refractivity contribution is 0.100. The standard InChI is InChI=1S/C19H16N6O2/c1-27-15-7-3-2-5-12(15)14-11-16-21-9-10-25(16)19(23-14)24-18-13(17(20)26)6-4-8-22-18/h2-11H,1H3,(H2,20,26)(H,22,23,24). The van der Waals surface area contributed by atoms with Gasteiger partial charge in [0.1, 0.15) is 17.2 Å². The molecule has 8 heteroatoms. The summed E-state index contributed by atoms with van der Waals surface area (Å²) in [6.45, 7) is 0. The topological polar surface area (TPSA) is 107 Å². The fraction of sp³-hybridized carbons (Fsp3) is 0.0526. The summed E-state index contributed by atoms with van der Waals surface area (Å²) in [4.78, 5) is 24.9. The Morgan fingerprint density at radius 2 is 2.00 bits per heavy atom. The van der Waals surface area contributed by atoms with E-state index in [-0.39, 0.29) is 5.56 Å². The average molecular weight is 360 g/mol. The van der Waals surface area contributed by atoms with Crippen LogP contribution in [0.15, 0.2) is 61.1 Å². The Morgan fingerprint density at radius 3 is 2.81 bits per heavy atom. The predicted molar refractivity (Wildman–Crippen MR) is 101 cm³/mol. The van der Waals surface area contributed by atoms with Crippen molar-refractivity contribution in [1.29, 1.82) is 0 Å². The maximum Gasteiger partial charge on any atom is 0.252 e. The van der Waals surface area contributed by atoms with E-state index < -0.39 is 5.91 Å². The van der Waals surface area contributed by atoms with Crippen LogP contribution in [-0.2, 0) is 0 Å². The predicted octanol–water partition coefficient (Wildman–Crippen LogP) is 2.64. The van der Waals surface area contributed by atoms with E-state index in [4.69, 9.17) is 10.5 Å². The SMILES string of the molecule is COc1ccccc1-c1cc2nccn2c(Nc2ncccc2C(N)=O)n1. The molecule has 4 aromatic rings. The normalized spacial score (nSPS) is 10.7. The number of carbonyl (C=O) groups excluding carboxylic acids is 1. The minimum atomic E-state index is -0.576. The fourth-order valence-corrected chi connectivity index (χ4v) is 2.82. The number of anilines is 2. The number of primary amides is 1. The second-order valence-electron chi connectivity index (χ2n) is 5.71. The van der Waals surface area contributed by atoms with Gasteiger partial charge in [-0.25, -0.2) is 15.0 Å². The largest absolute Gasteiger partial charge is 0.496 e. The number of pyridine rings is 1. The maximum absolute atomic E-state index is 11.7. The highest BCUT2D eigenvalue weighted by Gasteiger charge is 2.15. The first-order valence-corrected chi connectivity index (χ1v) is 8.16. The van der Waals surface area contributed by atoms with Gasteiger partial charge in [0.15, 0.2) is 0 Å². The maximum atomic E-state index is 11.7. The van der Waals surface area contributed by atoms with Crippen molar-refractivity contribution in [1.82, 2.24) is 19.4 Å². The number of ether oxygens (including phenoxy) is 1. The van der Waals surface area contributed by atoms with Crippen molar-refractivity contribution in [2.24, 2.45) is 5.73 Å². The molecule has 0 aliphatic rings. The molecule has 1 amide bonds. The fourth-order valence-electron chi connectivity index (χ4n) is 2.82. The Kier molecular flexibility index (Phi) is 4.13. The molecule has 4 rings (SSSR count). The highest BCUT2D eigenvalue weighted by atomic mass is 16.5. The molecule has 0 radical (unpaired) electrons. The number of aromatic nitrogens is 4. The highest BCUT2D eigenvalue weighted by molar-refractivity contribution is 5.98. The first kappa shape index (κ1) is 16.5. The number of nitrogens with two attached hydrogens (primary N) is 1. The number of hydrogen-bond acceptors (Lipinski definition) is 6. The van der Waals surface area contributed by atoms with E-state index in [0.717, 1.165) is 5.56 Å². The smallest absolute Gasteiger partial charge is 0.252 e. The van der Waals surface area contributed by atoms with E-state index in [1.54, 1.807) is 42.2 Å². The first-order chi connectivity index (χ1) is 13.2. The van der Waals surface area contributed by atoms with Crippen LogP contribution in [0.3, 0.4) is 0 Å². The Labute approximate surface area is 154 Å². The van der Waals surface area contributed by atoms with Gasteiger partial charge < -0.3 is 15.8 Å². The molecule has 8 nitrogen and oxygen atoms in total. The lowest BCUT2D eigenvalue weighted by Crippen LogP contribution is -2.15. The Bertz CT molecular complexity index is 1140. The van der Waals surface area contributed by atoms with Gasteiger partial charge in [0.25, 0.3) is 5.91 Å². The molecule has 1 aromatic carbocycles. The van der Waals surface area contributed by atoms with Crippen LogP contribution in [0.25, 0.3) is 16.9 Å². The van der Waals surface area contributed by atoms with Crippen molar-refractivity contribution in [2.75, 3.05) is 12.4 Å². The molecule has 0 unspecified atom stereocenters. The second-order valence-corrected chi connectivity index (χ2v) is 5.71. The third kappa shape index (κ3) is 3.04. The summed E-state index contributed by atoms with van der Waals surface area (Å²) >= 11 is 0. The van der Waals surface area contributed by atoms with Crippen LogP contribution in [0.2, 0.25) is 0 Å². The number of amides is 1. The zero-order valence-corrected chi connectivity index (χ0v) is 14.5. The zero-order valence-electron chi connectivity index (χ0n) is 14.5. The van der Waals surface area contributed by atoms with Crippen LogP contribution in [0.1, 0.15) is 10.4 Å². The van der Waals surface area contributed by atoms with Crippen LogP contribution in [-0.4, -0.2) is 32.4 Å². The van der Waals surface area contributed by atoms with E-state index in [1.165, 1.54) is 0 Å². The van der Waals surface area contributed by atoms with Crippen molar-refractivity contribution < 1.29 is 9.53 Å². The van der Waals surface area contributed by atoms with Crippen molar-refractivity contribution in [3.63, 3.8) is 0 Å². The number of imidazole rings is 1. The molecule has 0 saturated heterocycles. The monoisotopic (exact) mass is 360 g/mol. The van der Waals surface area contributed by atoms with Gasteiger partial charge in [-0.3, -0.25) is 9.20 Å². The van der Waals surface area contributed by atoms with Crippen LogP contribution in [0, 0.1) is 0 Å².